The molecule has 0 saturated carbocycles. The lowest BCUT2D eigenvalue weighted by Gasteiger charge is -2.12. The maximum Gasteiger partial charge on any atom is 0.262 e. The fourth-order valence-corrected chi connectivity index (χ4v) is 4.40. The number of hydrogen-bond donors (Lipinski definition) is 2. The standard InChI is InChI=1S/C25H27N3O5S/c1-17-5-6-18(2)23(15-17)34(31,32)27-21-9-7-19(8-10-21)25(30)26-20-11-13-22(14-12-20)33-16-24(29)28(3)4/h5-15,27H,16H2,1-4H3,(H,26,30). The van der Waals surface area contributed by atoms with Gasteiger partial charge in [-0.1, -0.05) is 12.1 Å². The molecule has 0 atom stereocenters. The molecule has 0 heterocycles. The normalized spacial score (nSPS) is 10.9. The van der Waals surface area contributed by atoms with Crippen LogP contribution in [0.15, 0.2) is 71.6 Å². The third-order valence-electron chi connectivity index (χ3n) is 5.01. The van der Waals surface area contributed by atoms with Crippen molar-refractivity contribution in [1.29, 1.82) is 0 Å². The molecular formula is C25H27N3O5S. The zero-order valence-electron chi connectivity index (χ0n) is 19.5. The fraction of sp³-hybridized carbons (Fsp3) is 0.200. The highest BCUT2D eigenvalue weighted by molar-refractivity contribution is 7.92. The first-order valence-electron chi connectivity index (χ1n) is 10.5. The molecule has 0 saturated heterocycles. The number of nitrogens with one attached hydrogen (secondary N) is 2. The van der Waals surface area contributed by atoms with Gasteiger partial charge in [0.1, 0.15) is 5.75 Å². The van der Waals surface area contributed by atoms with Gasteiger partial charge in [-0.15, -0.1) is 0 Å². The Morgan fingerprint density at radius 3 is 2.12 bits per heavy atom. The minimum absolute atomic E-state index is 0.0712. The topological polar surface area (TPSA) is 105 Å². The molecule has 0 aliphatic rings. The summed E-state index contributed by atoms with van der Waals surface area (Å²) in [5.41, 5.74) is 2.77. The number of likely N-dealkylation sites (N-methyl/N-ethyl adjacent to an activating group) is 1. The molecule has 34 heavy (non-hydrogen) atoms. The third-order valence-corrected chi connectivity index (χ3v) is 6.53. The zero-order chi connectivity index (χ0) is 24.9. The van der Waals surface area contributed by atoms with Crippen molar-refractivity contribution in [3.8, 4) is 5.75 Å². The lowest BCUT2D eigenvalue weighted by molar-refractivity contribution is -0.130. The van der Waals surface area contributed by atoms with E-state index in [4.69, 9.17) is 4.74 Å². The van der Waals surface area contributed by atoms with Crippen LogP contribution in [0.1, 0.15) is 21.5 Å². The van der Waals surface area contributed by atoms with E-state index < -0.39 is 10.0 Å². The minimum atomic E-state index is -3.75. The van der Waals surface area contributed by atoms with Gasteiger partial charge in [-0.3, -0.25) is 14.3 Å². The lowest BCUT2D eigenvalue weighted by atomic mass is 10.2. The molecule has 2 amide bonds. The van der Waals surface area contributed by atoms with Gasteiger partial charge in [0.05, 0.1) is 4.90 Å². The van der Waals surface area contributed by atoms with Crippen LogP contribution in [0.3, 0.4) is 0 Å². The van der Waals surface area contributed by atoms with Crippen molar-refractivity contribution >= 4 is 33.2 Å². The highest BCUT2D eigenvalue weighted by Crippen LogP contribution is 2.22. The second kappa shape index (κ2) is 10.4. The summed E-state index contributed by atoms with van der Waals surface area (Å²) in [6.07, 6.45) is 0. The molecule has 3 aromatic rings. The SMILES string of the molecule is Cc1ccc(C)c(S(=O)(=O)Nc2ccc(C(=O)Nc3ccc(OCC(=O)N(C)C)cc3)cc2)c1. The largest absolute Gasteiger partial charge is 0.484 e. The average Bonchev–Trinajstić information content (AvgIpc) is 2.80. The van der Waals surface area contributed by atoms with E-state index in [-0.39, 0.29) is 23.3 Å². The molecule has 0 radical (unpaired) electrons. The van der Waals surface area contributed by atoms with Gasteiger partial charge >= 0.3 is 0 Å². The van der Waals surface area contributed by atoms with Gasteiger partial charge in [-0.05, 0) is 79.6 Å². The Hall–Kier alpha value is -3.85. The molecule has 0 aliphatic heterocycles. The van der Waals surface area contributed by atoms with Crippen molar-refractivity contribution in [3.63, 3.8) is 0 Å². The van der Waals surface area contributed by atoms with E-state index in [2.05, 4.69) is 10.0 Å². The van der Waals surface area contributed by atoms with Gasteiger partial charge in [0.25, 0.3) is 21.8 Å². The fourth-order valence-electron chi connectivity index (χ4n) is 3.01. The molecule has 0 aliphatic carbocycles. The first-order valence-corrected chi connectivity index (χ1v) is 12.0. The number of sulfonamides is 1. The second-order valence-electron chi connectivity index (χ2n) is 8.01. The van der Waals surface area contributed by atoms with Crippen LogP contribution in [0, 0.1) is 13.8 Å². The van der Waals surface area contributed by atoms with Crippen molar-refractivity contribution in [3.05, 3.63) is 83.4 Å². The Bertz CT molecular complexity index is 1290. The van der Waals surface area contributed by atoms with Crippen LogP contribution < -0.4 is 14.8 Å². The van der Waals surface area contributed by atoms with E-state index in [1.165, 1.54) is 17.0 Å². The Morgan fingerprint density at radius 1 is 0.882 bits per heavy atom. The number of carbonyl (C=O) groups is 2. The molecule has 0 bridgehead atoms. The first-order chi connectivity index (χ1) is 16.0. The number of benzene rings is 3. The number of rotatable bonds is 8. The first kappa shape index (κ1) is 24.8. The molecule has 0 spiro atoms. The van der Waals surface area contributed by atoms with E-state index in [1.807, 2.05) is 13.0 Å². The molecule has 0 unspecified atom stereocenters. The van der Waals surface area contributed by atoms with Crippen LogP contribution in [-0.4, -0.2) is 45.8 Å². The molecule has 0 fully saturated rings. The van der Waals surface area contributed by atoms with Gasteiger partial charge in [-0.2, -0.15) is 0 Å². The summed E-state index contributed by atoms with van der Waals surface area (Å²) in [4.78, 5) is 25.8. The van der Waals surface area contributed by atoms with E-state index in [0.717, 1.165) is 5.56 Å². The van der Waals surface area contributed by atoms with E-state index >= 15 is 0 Å². The molecule has 3 rings (SSSR count). The molecule has 8 nitrogen and oxygen atoms in total. The number of aryl methyl sites for hydroxylation is 2. The third kappa shape index (κ3) is 6.35. The summed E-state index contributed by atoms with van der Waals surface area (Å²) in [7, 11) is -0.454. The van der Waals surface area contributed by atoms with E-state index in [0.29, 0.717) is 28.3 Å². The second-order valence-corrected chi connectivity index (χ2v) is 9.66. The summed E-state index contributed by atoms with van der Waals surface area (Å²) in [6, 6.07) is 18.0. The number of ether oxygens (including phenoxy) is 1. The summed E-state index contributed by atoms with van der Waals surface area (Å²) in [5.74, 6) is 0.00575. The average molecular weight is 482 g/mol. The highest BCUT2D eigenvalue weighted by atomic mass is 32.2. The number of amides is 2. The van der Waals surface area contributed by atoms with Crippen LogP contribution in [0.5, 0.6) is 5.75 Å². The highest BCUT2D eigenvalue weighted by Gasteiger charge is 2.17. The van der Waals surface area contributed by atoms with Crippen LogP contribution >= 0.6 is 0 Å². The molecule has 2 N–H and O–H groups in total. The number of carbonyl (C=O) groups excluding carboxylic acids is 2. The summed E-state index contributed by atoms with van der Waals surface area (Å²) in [5, 5.41) is 2.77. The van der Waals surface area contributed by atoms with Crippen LogP contribution in [-0.2, 0) is 14.8 Å². The van der Waals surface area contributed by atoms with Crippen molar-refractivity contribution in [2.75, 3.05) is 30.7 Å². The molecule has 0 aromatic heterocycles. The Kier molecular flexibility index (Phi) is 7.57. The van der Waals surface area contributed by atoms with Crippen molar-refractivity contribution in [2.45, 2.75) is 18.7 Å². The number of hydrogen-bond acceptors (Lipinski definition) is 5. The molecule has 3 aromatic carbocycles. The van der Waals surface area contributed by atoms with Crippen molar-refractivity contribution in [2.24, 2.45) is 0 Å². The molecular weight excluding hydrogens is 454 g/mol. The Labute approximate surface area is 199 Å². The van der Waals surface area contributed by atoms with Crippen LogP contribution in [0.2, 0.25) is 0 Å². The maximum atomic E-state index is 12.8. The van der Waals surface area contributed by atoms with Crippen molar-refractivity contribution in [1.82, 2.24) is 4.90 Å². The summed E-state index contributed by atoms with van der Waals surface area (Å²) < 4.78 is 33.5. The van der Waals surface area contributed by atoms with E-state index in [9.17, 15) is 18.0 Å². The van der Waals surface area contributed by atoms with Crippen molar-refractivity contribution < 1.29 is 22.7 Å². The summed E-state index contributed by atoms with van der Waals surface area (Å²) >= 11 is 0. The van der Waals surface area contributed by atoms with Gasteiger partial charge < -0.3 is 15.0 Å². The maximum absolute atomic E-state index is 12.8. The Balaban J connectivity index is 1.62. The lowest BCUT2D eigenvalue weighted by Crippen LogP contribution is -2.27. The smallest absolute Gasteiger partial charge is 0.262 e. The summed E-state index contributed by atoms with van der Waals surface area (Å²) in [6.45, 7) is 3.50. The minimum Gasteiger partial charge on any atom is -0.484 e. The zero-order valence-corrected chi connectivity index (χ0v) is 20.3. The molecule has 178 valence electrons. The van der Waals surface area contributed by atoms with E-state index in [1.54, 1.807) is 69.6 Å². The van der Waals surface area contributed by atoms with Gasteiger partial charge in [-0.25, -0.2) is 8.42 Å². The Morgan fingerprint density at radius 2 is 1.50 bits per heavy atom. The predicted molar refractivity (Wildman–Crippen MR) is 132 cm³/mol. The van der Waals surface area contributed by atoms with Crippen LogP contribution in [0.4, 0.5) is 11.4 Å². The monoisotopic (exact) mass is 481 g/mol. The van der Waals surface area contributed by atoms with Gasteiger partial charge in [0, 0.05) is 31.0 Å². The quantitative estimate of drug-likeness (QED) is 0.509. The predicted octanol–water partition coefficient (Wildman–Crippen LogP) is 3.82. The number of nitrogens with zero attached hydrogens (tertiary/aromatic N) is 1. The van der Waals surface area contributed by atoms with Crippen LogP contribution in [0.25, 0.3) is 0 Å². The van der Waals surface area contributed by atoms with Gasteiger partial charge in [0.2, 0.25) is 0 Å². The molecule has 9 heteroatoms. The van der Waals surface area contributed by atoms with Gasteiger partial charge in [0.15, 0.2) is 6.61 Å². The number of anilines is 2.